The quantitative estimate of drug-likeness (QED) is 0.510. The van der Waals surface area contributed by atoms with Gasteiger partial charge >= 0.3 is 11.7 Å². The molecular weight excluding hydrogens is 422 g/mol. The summed E-state index contributed by atoms with van der Waals surface area (Å²) in [5, 5.41) is 10.2. The van der Waals surface area contributed by atoms with Crippen molar-refractivity contribution in [3.05, 3.63) is 68.7 Å². The third-order valence-corrected chi connectivity index (χ3v) is 5.81. The molecule has 144 valence electrons. The molecule has 4 rings (SSSR count). The maximum Gasteiger partial charge on any atom is 0.329 e. The van der Waals surface area contributed by atoms with E-state index in [0.29, 0.717) is 6.54 Å². The highest BCUT2D eigenvalue weighted by atomic mass is 79.9. The lowest BCUT2D eigenvalue weighted by atomic mass is 10.1. The molecule has 0 bridgehead atoms. The molecule has 0 aliphatic heterocycles. The topological polar surface area (TPSA) is 69.2 Å². The van der Waals surface area contributed by atoms with Gasteiger partial charge in [-0.1, -0.05) is 18.2 Å². The highest BCUT2D eigenvalue weighted by molar-refractivity contribution is 9.10. The second-order valence-electron chi connectivity index (χ2n) is 7.01. The molecule has 28 heavy (non-hydrogen) atoms. The molecule has 0 spiro atoms. The van der Waals surface area contributed by atoms with Gasteiger partial charge in [0.05, 0.1) is 24.0 Å². The van der Waals surface area contributed by atoms with Gasteiger partial charge in [-0.05, 0) is 52.2 Å². The predicted octanol–water partition coefficient (Wildman–Crippen LogP) is 3.89. The maximum absolute atomic E-state index is 13.2. The molecule has 0 saturated heterocycles. The molecule has 0 amide bonds. The van der Waals surface area contributed by atoms with Crippen molar-refractivity contribution in [2.75, 3.05) is 0 Å². The van der Waals surface area contributed by atoms with Crippen molar-refractivity contribution in [3.8, 4) is 0 Å². The number of benzene rings is 2. The molecule has 2 heterocycles. The van der Waals surface area contributed by atoms with Crippen LogP contribution < -0.4 is 5.69 Å². The van der Waals surface area contributed by atoms with Gasteiger partial charge in [-0.15, -0.1) is 0 Å². The highest BCUT2D eigenvalue weighted by Crippen LogP contribution is 2.27. The normalized spacial score (nSPS) is 11.5. The molecule has 2 aromatic carbocycles. The van der Waals surface area contributed by atoms with Crippen molar-refractivity contribution in [1.29, 1.82) is 0 Å². The van der Waals surface area contributed by atoms with Crippen LogP contribution in [-0.2, 0) is 24.9 Å². The lowest BCUT2D eigenvalue weighted by Crippen LogP contribution is -2.25. The third-order valence-electron chi connectivity index (χ3n) is 5.17. The van der Waals surface area contributed by atoms with Gasteiger partial charge in [0.1, 0.15) is 0 Å². The molecule has 0 aliphatic rings. The van der Waals surface area contributed by atoms with Crippen LogP contribution in [0.5, 0.6) is 0 Å². The largest absolute Gasteiger partial charge is 0.481 e. The molecule has 1 N–H and O–H groups in total. The van der Waals surface area contributed by atoms with E-state index < -0.39 is 5.97 Å². The molecule has 0 aliphatic carbocycles. The number of aliphatic carboxylic acids is 1. The second-order valence-corrected chi connectivity index (χ2v) is 7.86. The number of nitrogens with zero attached hydrogens (tertiary/aromatic N) is 3. The number of imidazole rings is 1. The minimum Gasteiger partial charge on any atom is -0.481 e. The highest BCUT2D eigenvalue weighted by Gasteiger charge is 2.18. The van der Waals surface area contributed by atoms with Gasteiger partial charge in [0.25, 0.3) is 0 Å². The van der Waals surface area contributed by atoms with Crippen molar-refractivity contribution >= 4 is 43.8 Å². The molecule has 0 unspecified atom stereocenters. The fourth-order valence-electron chi connectivity index (χ4n) is 3.92. The van der Waals surface area contributed by atoms with E-state index in [1.54, 1.807) is 9.13 Å². The Bertz CT molecular complexity index is 1280. The van der Waals surface area contributed by atoms with Crippen molar-refractivity contribution < 1.29 is 9.90 Å². The summed E-state index contributed by atoms with van der Waals surface area (Å²) in [6, 6.07) is 11.8. The lowest BCUT2D eigenvalue weighted by Gasteiger charge is -2.04. The maximum atomic E-state index is 13.2. The molecular formula is C21H20BrN3O3. The first kappa shape index (κ1) is 18.6. The van der Waals surface area contributed by atoms with Gasteiger partial charge in [-0.3, -0.25) is 13.9 Å². The number of carboxylic acids is 1. The lowest BCUT2D eigenvalue weighted by molar-refractivity contribution is -0.137. The minimum absolute atomic E-state index is 0.103. The van der Waals surface area contributed by atoms with E-state index in [4.69, 9.17) is 5.11 Å². The Morgan fingerprint density at radius 2 is 1.82 bits per heavy atom. The van der Waals surface area contributed by atoms with Crippen LogP contribution in [-0.4, -0.2) is 24.8 Å². The molecule has 6 nitrogen and oxygen atoms in total. The Morgan fingerprint density at radius 3 is 2.57 bits per heavy atom. The monoisotopic (exact) mass is 441 g/mol. The molecule has 7 heteroatoms. The first-order chi connectivity index (χ1) is 13.4. The predicted molar refractivity (Wildman–Crippen MR) is 113 cm³/mol. The zero-order chi connectivity index (χ0) is 20.0. The molecule has 0 saturated carbocycles. The zero-order valence-electron chi connectivity index (χ0n) is 15.6. The molecule has 0 radical (unpaired) electrons. The summed E-state index contributed by atoms with van der Waals surface area (Å²) < 4.78 is 6.12. The summed E-state index contributed by atoms with van der Waals surface area (Å²) in [5.41, 5.74) is 4.67. The van der Waals surface area contributed by atoms with Gasteiger partial charge in [0.2, 0.25) is 0 Å². The van der Waals surface area contributed by atoms with Crippen LogP contribution in [0.25, 0.3) is 21.9 Å². The smallest absolute Gasteiger partial charge is 0.329 e. The van der Waals surface area contributed by atoms with Gasteiger partial charge in [0.15, 0.2) is 0 Å². The summed E-state index contributed by atoms with van der Waals surface area (Å²) in [5.74, 6) is -0.926. The Kier molecular flexibility index (Phi) is 4.63. The summed E-state index contributed by atoms with van der Waals surface area (Å²) in [6.07, 6.45) is 1.95. The summed E-state index contributed by atoms with van der Waals surface area (Å²) in [6.45, 7) is 2.63. The van der Waals surface area contributed by atoms with Crippen molar-refractivity contribution in [1.82, 2.24) is 13.7 Å². The van der Waals surface area contributed by atoms with Crippen LogP contribution in [0.15, 0.2) is 51.9 Å². The zero-order valence-corrected chi connectivity index (χ0v) is 17.2. The number of aryl methyl sites for hydroxylation is 3. The van der Waals surface area contributed by atoms with E-state index in [0.717, 1.165) is 37.5 Å². The van der Waals surface area contributed by atoms with Crippen molar-refractivity contribution in [3.63, 3.8) is 0 Å². The minimum atomic E-state index is -0.926. The van der Waals surface area contributed by atoms with E-state index in [1.807, 2.05) is 31.3 Å². The van der Waals surface area contributed by atoms with Crippen molar-refractivity contribution in [2.45, 2.75) is 26.4 Å². The SMILES string of the molecule is Cc1cccc2c1c(Cn1c(=O)n(CCC(=O)O)c3c(Br)cccc31)cn2C. The number of halogens is 1. The first-order valence-electron chi connectivity index (χ1n) is 9.01. The van der Waals surface area contributed by atoms with E-state index in [-0.39, 0.29) is 18.7 Å². The van der Waals surface area contributed by atoms with Crippen LogP contribution >= 0.6 is 15.9 Å². The van der Waals surface area contributed by atoms with E-state index >= 15 is 0 Å². The number of rotatable bonds is 5. The third kappa shape index (κ3) is 2.96. The van der Waals surface area contributed by atoms with Gasteiger partial charge < -0.3 is 9.67 Å². The number of hydrogen-bond donors (Lipinski definition) is 1. The first-order valence-corrected chi connectivity index (χ1v) is 9.80. The summed E-state index contributed by atoms with van der Waals surface area (Å²) in [7, 11) is 2.00. The van der Waals surface area contributed by atoms with E-state index in [1.165, 1.54) is 0 Å². The van der Waals surface area contributed by atoms with Crippen LogP contribution in [0.2, 0.25) is 0 Å². The van der Waals surface area contributed by atoms with E-state index in [9.17, 15) is 9.59 Å². The number of para-hydroxylation sites is 1. The van der Waals surface area contributed by atoms with Crippen LogP contribution in [0.3, 0.4) is 0 Å². The Balaban J connectivity index is 1.91. The standard InChI is InChI=1S/C21H20BrN3O3/c1-13-5-3-7-16-19(13)14(11-23(16)2)12-25-17-8-4-6-15(22)20(17)24(21(25)28)10-9-18(26)27/h3-8,11H,9-10,12H2,1-2H3,(H,26,27). The number of carboxylic acid groups (broad SMARTS) is 1. The number of carbonyl (C=O) groups is 1. The molecule has 0 atom stereocenters. The number of aromatic nitrogens is 3. The van der Waals surface area contributed by atoms with Gasteiger partial charge in [-0.2, -0.15) is 0 Å². The Morgan fingerprint density at radius 1 is 1.11 bits per heavy atom. The Labute approximate surface area is 169 Å². The van der Waals surface area contributed by atoms with Gasteiger partial charge in [0, 0.05) is 35.2 Å². The van der Waals surface area contributed by atoms with Crippen LogP contribution in [0.4, 0.5) is 0 Å². The van der Waals surface area contributed by atoms with Crippen molar-refractivity contribution in [2.24, 2.45) is 7.05 Å². The molecule has 2 aromatic heterocycles. The fraction of sp³-hybridized carbons (Fsp3) is 0.238. The average Bonchev–Trinajstić information content (AvgIpc) is 3.11. The summed E-state index contributed by atoms with van der Waals surface area (Å²) >= 11 is 3.52. The number of hydrogen-bond acceptors (Lipinski definition) is 2. The summed E-state index contributed by atoms with van der Waals surface area (Å²) in [4.78, 5) is 24.2. The molecule has 4 aromatic rings. The second kappa shape index (κ2) is 6.98. The van der Waals surface area contributed by atoms with E-state index in [2.05, 4.69) is 45.8 Å². The van der Waals surface area contributed by atoms with Crippen LogP contribution in [0, 0.1) is 6.92 Å². The van der Waals surface area contributed by atoms with Crippen LogP contribution in [0.1, 0.15) is 17.5 Å². The fourth-order valence-corrected chi connectivity index (χ4v) is 4.49. The average molecular weight is 442 g/mol. The Hall–Kier alpha value is -2.80. The number of fused-ring (bicyclic) bond motifs is 2. The molecule has 0 fully saturated rings. The van der Waals surface area contributed by atoms with Gasteiger partial charge in [-0.25, -0.2) is 4.79 Å².